The maximum atomic E-state index is 12.4. The molecule has 0 radical (unpaired) electrons. The number of β-lactam (4-membered cyclic amide) rings is 1. The van der Waals surface area contributed by atoms with E-state index in [9.17, 15) is 19.5 Å². The van der Waals surface area contributed by atoms with Gasteiger partial charge in [-0.1, -0.05) is 11.6 Å². The van der Waals surface area contributed by atoms with E-state index in [1.54, 1.807) is 19.2 Å². The van der Waals surface area contributed by atoms with Gasteiger partial charge in [0, 0.05) is 15.7 Å². The maximum absolute atomic E-state index is 12.4. The second-order valence-electron chi connectivity index (χ2n) is 6.12. The molecule has 12 heteroatoms. The van der Waals surface area contributed by atoms with Crippen LogP contribution < -0.4 is 45.7 Å². The summed E-state index contributed by atoms with van der Waals surface area (Å²) in [7, 11) is 0. The van der Waals surface area contributed by atoms with E-state index >= 15 is 0 Å². The number of halogens is 1. The number of nitrogen functional groups attached to an aromatic ring is 1. The first kappa shape index (κ1) is 21.5. The summed E-state index contributed by atoms with van der Waals surface area (Å²) in [4.78, 5) is 41.4. The molecule has 26 heavy (non-hydrogen) atoms. The van der Waals surface area contributed by atoms with E-state index in [-0.39, 0.29) is 40.3 Å². The van der Waals surface area contributed by atoms with Gasteiger partial charge in [-0.3, -0.25) is 9.59 Å². The van der Waals surface area contributed by atoms with Gasteiger partial charge in [-0.05, 0) is 13.8 Å². The molecule has 1 aromatic rings. The van der Waals surface area contributed by atoms with Gasteiger partial charge in [-0.25, -0.2) is 4.98 Å². The monoisotopic (exact) mass is 424 g/mol. The van der Waals surface area contributed by atoms with Crippen LogP contribution in [0.25, 0.3) is 5.57 Å². The SMILES string of the molecule is CC1(C)S[C@@H]2[C@H](NC(=O)C(=CCl)c3csc(N)n3)C(=O)N2[C@H]1C(=O)[O-].[Na+]. The van der Waals surface area contributed by atoms with Gasteiger partial charge < -0.3 is 25.9 Å². The van der Waals surface area contributed by atoms with Crippen LogP contribution in [0.4, 0.5) is 5.13 Å². The summed E-state index contributed by atoms with van der Waals surface area (Å²) in [6, 6.07) is -1.87. The number of fused-ring (bicyclic) bond motifs is 1. The largest absolute Gasteiger partial charge is 1.00 e. The van der Waals surface area contributed by atoms with Crippen molar-refractivity contribution in [3.8, 4) is 0 Å². The predicted octanol–water partition coefficient (Wildman–Crippen LogP) is -3.39. The van der Waals surface area contributed by atoms with Gasteiger partial charge in [-0.2, -0.15) is 0 Å². The van der Waals surface area contributed by atoms with Gasteiger partial charge in [0.2, 0.25) is 5.91 Å². The second-order valence-corrected chi connectivity index (χ2v) is 9.00. The Morgan fingerprint density at radius 2 is 2.15 bits per heavy atom. The average molecular weight is 425 g/mol. The Kier molecular flexibility index (Phi) is 6.36. The molecule has 2 amide bonds. The van der Waals surface area contributed by atoms with Crippen molar-refractivity contribution in [2.45, 2.75) is 36.1 Å². The van der Waals surface area contributed by atoms with Crippen LogP contribution in [-0.4, -0.2) is 49.9 Å². The molecular weight excluding hydrogens is 411 g/mol. The molecule has 2 aliphatic heterocycles. The van der Waals surface area contributed by atoms with Crippen molar-refractivity contribution in [3.05, 3.63) is 16.6 Å². The number of rotatable bonds is 4. The molecular formula is C14H14ClN4NaO4S2. The minimum Gasteiger partial charge on any atom is -0.548 e. The van der Waals surface area contributed by atoms with Crippen molar-refractivity contribution in [2.75, 3.05) is 5.73 Å². The van der Waals surface area contributed by atoms with E-state index in [0.29, 0.717) is 5.69 Å². The molecule has 3 rings (SSSR count). The number of thioether (sulfide) groups is 1. The van der Waals surface area contributed by atoms with Crippen LogP contribution in [0.15, 0.2) is 10.9 Å². The number of aromatic nitrogens is 1. The van der Waals surface area contributed by atoms with Gasteiger partial charge in [-0.15, -0.1) is 23.1 Å². The number of anilines is 1. The summed E-state index contributed by atoms with van der Waals surface area (Å²) in [5.41, 5.74) is 7.02. The summed E-state index contributed by atoms with van der Waals surface area (Å²) in [5.74, 6) is -2.34. The molecule has 0 spiro atoms. The topological polar surface area (TPSA) is 128 Å². The van der Waals surface area contributed by atoms with Crippen molar-refractivity contribution in [1.82, 2.24) is 15.2 Å². The van der Waals surface area contributed by atoms with Crippen LogP contribution in [0.2, 0.25) is 0 Å². The standard InChI is InChI=1S/C14H15ClN4O4S2.Na/c1-14(2)8(12(22)23)19-10(21)7(11(19)25-14)18-9(20)5(3-15)6-4-24-13(16)17-6;/h3-4,7-8,11H,1-2H3,(H2,16,17)(H,18,20)(H,22,23);/q;+1/p-1/t7-,8+,11-;/m1./s1. The Balaban J connectivity index is 0.00000243. The average Bonchev–Trinajstić information content (AvgIpc) is 3.05. The molecule has 0 bridgehead atoms. The summed E-state index contributed by atoms with van der Waals surface area (Å²) < 4.78 is -0.715. The molecule has 3 atom stereocenters. The molecule has 0 aliphatic carbocycles. The van der Waals surface area contributed by atoms with Crippen LogP contribution in [0.1, 0.15) is 19.5 Å². The van der Waals surface area contributed by atoms with Crippen molar-refractivity contribution in [3.63, 3.8) is 0 Å². The van der Waals surface area contributed by atoms with Crippen molar-refractivity contribution < 1.29 is 49.0 Å². The molecule has 0 saturated carbocycles. The summed E-state index contributed by atoms with van der Waals surface area (Å²) >= 11 is 8.19. The molecule has 3 heterocycles. The Labute approximate surface area is 184 Å². The third-order valence-electron chi connectivity index (χ3n) is 4.10. The predicted molar refractivity (Wildman–Crippen MR) is 93.4 cm³/mol. The van der Waals surface area contributed by atoms with Gasteiger partial charge in [0.05, 0.1) is 23.3 Å². The second kappa shape index (κ2) is 7.69. The third kappa shape index (κ3) is 3.50. The van der Waals surface area contributed by atoms with Crippen LogP contribution in [0, 0.1) is 0 Å². The minimum atomic E-state index is -1.31. The number of nitrogens with two attached hydrogens (primary N) is 1. The molecule has 2 aliphatic rings. The fourth-order valence-corrected chi connectivity index (χ4v) is 5.37. The van der Waals surface area contributed by atoms with E-state index in [1.165, 1.54) is 16.7 Å². The van der Waals surface area contributed by atoms with E-state index in [0.717, 1.165) is 16.9 Å². The van der Waals surface area contributed by atoms with Crippen LogP contribution in [0.5, 0.6) is 0 Å². The molecule has 2 fully saturated rings. The van der Waals surface area contributed by atoms with Crippen molar-refractivity contribution in [1.29, 1.82) is 0 Å². The van der Waals surface area contributed by atoms with Gasteiger partial charge in [0.25, 0.3) is 5.91 Å². The fraction of sp³-hybridized carbons (Fsp3) is 0.429. The van der Waals surface area contributed by atoms with Crippen molar-refractivity contribution in [2.24, 2.45) is 0 Å². The number of carboxylic acid groups (broad SMARTS) is 1. The van der Waals surface area contributed by atoms with Crippen molar-refractivity contribution >= 4 is 63.2 Å². The van der Waals surface area contributed by atoms with Crippen LogP contribution >= 0.6 is 34.7 Å². The molecule has 1 aromatic heterocycles. The van der Waals surface area contributed by atoms with Gasteiger partial charge >= 0.3 is 29.6 Å². The smallest absolute Gasteiger partial charge is 0.548 e. The molecule has 0 aromatic carbocycles. The van der Waals surface area contributed by atoms with Gasteiger partial charge in [0.1, 0.15) is 11.4 Å². The zero-order chi connectivity index (χ0) is 18.5. The molecule has 8 nitrogen and oxygen atoms in total. The summed E-state index contributed by atoms with van der Waals surface area (Å²) in [6.07, 6.45) is 0. The number of nitrogens with one attached hydrogen (secondary N) is 1. The Morgan fingerprint density at radius 3 is 2.65 bits per heavy atom. The normalized spacial score (nSPS) is 26.6. The van der Waals surface area contributed by atoms with E-state index in [4.69, 9.17) is 17.3 Å². The number of nitrogens with zero attached hydrogens (tertiary/aromatic N) is 2. The number of amides is 2. The number of aliphatic carboxylic acids is 1. The minimum absolute atomic E-state index is 0. The number of thiazole rings is 1. The van der Waals surface area contributed by atoms with Crippen LogP contribution in [-0.2, 0) is 14.4 Å². The fourth-order valence-electron chi connectivity index (χ4n) is 2.98. The molecule has 3 N–H and O–H groups in total. The number of carbonyl (C=O) groups excluding carboxylic acids is 3. The van der Waals surface area contributed by atoms with E-state index in [2.05, 4.69) is 10.3 Å². The number of carbonyl (C=O) groups is 3. The third-order valence-corrected chi connectivity index (χ3v) is 6.57. The first-order valence-electron chi connectivity index (χ1n) is 7.21. The first-order chi connectivity index (χ1) is 11.7. The Morgan fingerprint density at radius 1 is 1.50 bits per heavy atom. The molecule has 0 unspecified atom stereocenters. The van der Waals surface area contributed by atoms with E-state index in [1.807, 2.05) is 0 Å². The summed E-state index contributed by atoms with van der Waals surface area (Å²) in [5, 5.41) is 15.4. The number of hydrogen-bond donors (Lipinski definition) is 2. The summed E-state index contributed by atoms with van der Waals surface area (Å²) in [6.45, 7) is 3.45. The Hall–Kier alpha value is -0.780. The first-order valence-corrected chi connectivity index (χ1v) is 9.40. The zero-order valence-corrected chi connectivity index (χ0v) is 18.6. The maximum Gasteiger partial charge on any atom is 1.00 e. The molecule has 134 valence electrons. The number of carboxylic acids is 1. The van der Waals surface area contributed by atoms with Gasteiger partial charge in [0.15, 0.2) is 5.13 Å². The number of hydrogen-bond acceptors (Lipinski definition) is 8. The van der Waals surface area contributed by atoms with Crippen LogP contribution in [0.3, 0.4) is 0 Å². The van der Waals surface area contributed by atoms with E-state index < -0.39 is 40.0 Å². The molecule has 2 saturated heterocycles. The zero-order valence-electron chi connectivity index (χ0n) is 14.2. The Bertz CT molecular complexity index is 800. The quantitative estimate of drug-likeness (QED) is 0.293.